The number of hydrogen-bond acceptors (Lipinski definition) is 2. The van der Waals surface area contributed by atoms with Gasteiger partial charge in [-0.1, -0.05) is 23.2 Å². The number of nitrogens with one attached hydrogen (secondary N) is 2. The average molecular weight is 426 g/mol. The predicted octanol–water partition coefficient (Wildman–Crippen LogP) is 5.11. The average Bonchev–Trinajstić information content (AvgIpc) is 2.16. The van der Waals surface area contributed by atoms with Gasteiger partial charge in [0.1, 0.15) is 0 Å². The minimum absolute atomic E-state index is 0.438. The molecule has 0 aliphatic heterocycles. The Kier molecular flexibility index (Phi) is 5.42. The molecule has 2 nitrogen and oxygen atoms in total. The molecular formula is C7H5BrCl2IN2P. The van der Waals surface area contributed by atoms with E-state index in [-0.39, 0.29) is 0 Å². The molecule has 1 rings (SSSR count). The van der Waals surface area contributed by atoms with Gasteiger partial charge in [-0.2, -0.15) is 0 Å². The molecule has 14 heavy (non-hydrogen) atoms. The molecule has 0 aromatic heterocycles. The van der Waals surface area contributed by atoms with Gasteiger partial charge in [-0.05, 0) is 44.0 Å². The normalized spacial score (nSPS) is 10.9. The van der Waals surface area contributed by atoms with Crippen molar-refractivity contribution in [3.63, 3.8) is 0 Å². The number of anilines is 1. The fraction of sp³-hybridized carbons (Fsp3) is 0. The third-order valence-corrected chi connectivity index (χ3v) is 4.54. The molecule has 76 valence electrons. The maximum atomic E-state index is 7.27. The van der Waals surface area contributed by atoms with E-state index in [0.29, 0.717) is 26.5 Å². The maximum Gasteiger partial charge on any atom is 0.0742 e. The van der Waals surface area contributed by atoms with E-state index in [1.165, 1.54) is 6.21 Å². The fourth-order valence-electron chi connectivity index (χ4n) is 0.905. The Hall–Kier alpha value is 0.910. The molecule has 7 heteroatoms. The zero-order valence-corrected chi connectivity index (χ0v) is 12.9. The number of rotatable bonds is 3. The van der Waals surface area contributed by atoms with Crippen LogP contribution >= 0.6 is 67.5 Å². The van der Waals surface area contributed by atoms with E-state index in [0.717, 1.165) is 5.69 Å². The zero-order chi connectivity index (χ0) is 10.7. The van der Waals surface area contributed by atoms with Crippen molar-refractivity contribution in [3.8, 4) is 0 Å². The van der Waals surface area contributed by atoms with Crippen LogP contribution in [0.15, 0.2) is 10.5 Å². The summed E-state index contributed by atoms with van der Waals surface area (Å²) in [6, 6.07) is 1.72. The summed E-state index contributed by atoms with van der Waals surface area (Å²) in [7, 11) is 0. The Labute approximate surface area is 115 Å². The fourth-order valence-corrected chi connectivity index (χ4v) is 3.10. The highest BCUT2D eigenvalue weighted by molar-refractivity contribution is 14.2. The molecule has 1 atom stereocenters. The summed E-state index contributed by atoms with van der Waals surface area (Å²) in [5.74, 6) is 0. The van der Waals surface area contributed by atoms with E-state index in [1.54, 1.807) is 6.07 Å². The summed E-state index contributed by atoms with van der Waals surface area (Å²) >= 11 is 17.3. The Morgan fingerprint density at radius 2 is 2.21 bits per heavy atom. The molecular weight excluding hydrogens is 421 g/mol. The molecule has 0 radical (unpaired) electrons. The number of halogens is 4. The second kappa shape index (κ2) is 5.85. The van der Waals surface area contributed by atoms with Gasteiger partial charge >= 0.3 is 0 Å². The first-order chi connectivity index (χ1) is 6.61. The summed E-state index contributed by atoms with van der Waals surface area (Å²) in [4.78, 5) is 0. The van der Waals surface area contributed by atoms with Crippen molar-refractivity contribution >= 4 is 79.4 Å². The Morgan fingerprint density at radius 1 is 1.57 bits per heavy atom. The molecule has 1 aromatic carbocycles. The lowest BCUT2D eigenvalue weighted by atomic mass is 10.2. The van der Waals surface area contributed by atoms with Crippen molar-refractivity contribution in [2.45, 2.75) is 0 Å². The monoisotopic (exact) mass is 424 g/mol. The third kappa shape index (κ3) is 2.73. The second-order valence-corrected chi connectivity index (χ2v) is 5.95. The largest absolute Gasteiger partial charge is 0.358 e. The van der Waals surface area contributed by atoms with E-state index in [9.17, 15) is 0 Å². The lowest BCUT2D eigenvalue weighted by Gasteiger charge is -2.10. The quantitative estimate of drug-likeness (QED) is 0.300. The molecule has 0 spiro atoms. The van der Waals surface area contributed by atoms with Crippen LogP contribution in [0, 0.1) is 5.41 Å². The minimum atomic E-state index is 0.438. The molecule has 2 N–H and O–H groups in total. The molecule has 0 saturated heterocycles. The Bertz CT molecular complexity index is 375. The molecule has 0 fully saturated rings. The molecule has 0 amide bonds. The van der Waals surface area contributed by atoms with Gasteiger partial charge in [0.2, 0.25) is 0 Å². The van der Waals surface area contributed by atoms with Gasteiger partial charge in [0.25, 0.3) is 0 Å². The third-order valence-electron chi connectivity index (χ3n) is 1.53. The van der Waals surface area contributed by atoms with E-state index in [2.05, 4.69) is 43.1 Å². The first-order valence-corrected chi connectivity index (χ1v) is 9.07. The molecule has 0 saturated carbocycles. The standard InChI is InChI=1S/C7H5BrCl2IN2P/c8-6-3(2-12)5(13-14-11)1-4(9)7(6)10/h1-2,12-14H. The molecule has 0 aliphatic rings. The van der Waals surface area contributed by atoms with Crippen molar-refractivity contribution in [2.24, 2.45) is 0 Å². The SMILES string of the molecule is N=Cc1c(NPI)cc(Cl)c(Cl)c1Br. The summed E-state index contributed by atoms with van der Waals surface area (Å²) in [6.07, 6.45) is 1.76. The van der Waals surface area contributed by atoms with E-state index in [1.807, 2.05) is 0 Å². The first kappa shape index (κ1) is 13.0. The number of benzene rings is 1. The van der Waals surface area contributed by atoms with Gasteiger partial charge in [0, 0.05) is 28.3 Å². The summed E-state index contributed by atoms with van der Waals surface area (Å²) < 4.78 is 0.652. The highest BCUT2D eigenvalue weighted by Crippen LogP contribution is 2.39. The van der Waals surface area contributed by atoms with Gasteiger partial charge in [-0.25, -0.2) is 0 Å². The molecule has 0 heterocycles. The highest BCUT2D eigenvalue weighted by Gasteiger charge is 2.12. The second-order valence-electron chi connectivity index (χ2n) is 2.31. The molecule has 1 aromatic rings. The van der Waals surface area contributed by atoms with Crippen molar-refractivity contribution in [2.75, 3.05) is 5.09 Å². The number of hydrogen-bond donors (Lipinski definition) is 2. The summed E-state index contributed by atoms with van der Waals surface area (Å²) in [6.45, 7) is 0. The van der Waals surface area contributed by atoms with Crippen LogP contribution in [0.3, 0.4) is 0 Å². The van der Waals surface area contributed by atoms with Crippen LogP contribution in [0.2, 0.25) is 10.0 Å². The Balaban J connectivity index is 3.35. The van der Waals surface area contributed by atoms with Crippen LogP contribution in [-0.2, 0) is 0 Å². The van der Waals surface area contributed by atoms with Gasteiger partial charge in [-0.15, -0.1) is 0 Å². The lowest BCUT2D eigenvalue weighted by molar-refractivity contribution is 1.52. The van der Waals surface area contributed by atoms with Crippen LogP contribution in [0.1, 0.15) is 5.56 Å². The van der Waals surface area contributed by atoms with Crippen LogP contribution in [0.25, 0.3) is 0 Å². The van der Waals surface area contributed by atoms with Crippen LogP contribution in [-0.4, -0.2) is 6.21 Å². The minimum Gasteiger partial charge on any atom is -0.358 e. The Morgan fingerprint density at radius 3 is 2.71 bits per heavy atom. The van der Waals surface area contributed by atoms with Crippen LogP contribution in [0.5, 0.6) is 0 Å². The highest BCUT2D eigenvalue weighted by atomic mass is 127. The van der Waals surface area contributed by atoms with Crippen molar-refractivity contribution < 1.29 is 0 Å². The van der Waals surface area contributed by atoms with Gasteiger partial charge in [-0.3, -0.25) is 0 Å². The molecule has 0 bridgehead atoms. The topological polar surface area (TPSA) is 35.9 Å². The first-order valence-electron chi connectivity index (χ1n) is 3.41. The summed E-state index contributed by atoms with van der Waals surface area (Å²) in [5.41, 5.74) is 1.53. The zero-order valence-electron chi connectivity index (χ0n) is 6.67. The van der Waals surface area contributed by atoms with Crippen LogP contribution < -0.4 is 5.09 Å². The van der Waals surface area contributed by atoms with E-state index < -0.39 is 0 Å². The molecule has 1 unspecified atom stereocenters. The van der Waals surface area contributed by atoms with Crippen molar-refractivity contribution in [3.05, 3.63) is 26.1 Å². The van der Waals surface area contributed by atoms with E-state index >= 15 is 0 Å². The van der Waals surface area contributed by atoms with Crippen LogP contribution in [0.4, 0.5) is 5.69 Å². The van der Waals surface area contributed by atoms with E-state index in [4.69, 9.17) is 28.6 Å². The van der Waals surface area contributed by atoms with Crippen molar-refractivity contribution in [1.29, 1.82) is 5.41 Å². The smallest absolute Gasteiger partial charge is 0.0742 e. The predicted molar refractivity (Wildman–Crippen MR) is 78.0 cm³/mol. The van der Waals surface area contributed by atoms with Gasteiger partial charge in [0.15, 0.2) is 0 Å². The lowest BCUT2D eigenvalue weighted by Crippen LogP contribution is -1.92. The van der Waals surface area contributed by atoms with Gasteiger partial charge in [0.05, 0.1) is 10.0 Å². The van der Waals surface area contributed by atoms with Crippen molar-refractivity contribution in [1.82, 2.24) is 0 Å². The summed E-state index contributed by atoms with van der Waals surface area (Å²) in [5, 5.41) is 11.3. The molecule has 0 aliphatic carbocycles. The maximum absolute atomic E-state index is 7.27. The van der Waals surface area contributed by atoms with Gasteiger partial charge < -0.3 is 10.5 Å².